The van der Waals surface area contributed by atoms with E-state index in [9.17, 15) is 4.79 Å². The van der Waals surface area contributed by atoms with Crippen molar-refractivity contribution in [3.8, 4) is 6.07 Å². The highest BCUT2D eigenvalue weighted by atomic mass is 16.2. The first-order valence-electron chi connectivity index (χ1n) is 6.90. The molecule has 0 spiro atoms. The van der Waals surface area contributed by atoms with Gasteiger partial charge in [-0.15, -0.1) is 0 Å². The van der Waals surface area contributed by atoms with Gasteiger partial charge in [0.25, 0.3) is 0 Å². The molecule has 102 valence electrons. The highest BCUT2D eigenvalue weighted by Gasteiger charge is 2.40. The van der Waals surface area contributed by atoms with Crippen LogP contribution in [0.5, 0.6) is 0 Å². The molecule has 1 amide bonds. The van der Waals surface area contributed by atoms with Crippen LogP contribution in [0, 0.1) is 23.2 Å². The van der Waals surface area contributed by atoms with Crippen molar-refractivity contribution in [3.05, 3.63) is 0 Å². The lowest BCUT2D eigenvalue weighted by Gasteiger charge is -2.39. The smallest absolute Gasteiger partial charge is 0.242 e. The van der Waals surface area contributed by atoms with Gasteiger partial charge in [0.15, 0.2) is 0 Å². The van der Waals surface area contributed by atoms with Gasteiger partial charge < -0.3 is 10.6 Å². The lowest BCUT2D eigenvalue weighted by atomic mass is 9.76. The van der Waals surface area contributed by atoms with Crippen LogP contribution in [-0.2, 0) is 4.79 Å². The quantitative estimate of drug-likeness (QED) is 0.829. The number of hydrogen-bond acceptors (Lipinski definition) is 3. The molecule has 4 heteroatoms. The second-order valence-electron chi connectivity index (χ2n) is 5.73. The average molecular weight is 251 g/mol. The van der Waals surface area contributed by atoms with E-state index in [0.717, 1.165) is 25.7 Å². The maximum atomic E-state index is 12.5. The van der Waals surface area contributed by atoms with Crippen molar-refractivity contribution in [2.45, 2.75) is 52.0 Å². The normalized spacial score (nSPS) is 29.4. The molecule has 1 aliphatic carbocycles. The van der Waals surface area contributed by atoms with Crippen molar-refractivity contribution in [2.75, 3.05) is 13.1 Å². The Kier molecular flexibility index (Phi) is 5.15. The summed E-state index contributed by atoms with van der Waals surface area (Å²) in [6.07, 6.45) is 3.72. The highest BCUT2D eigenvalue weighted by molar-refractivity contribution is 5.86. The number of rotatable bonds is 4. The van der Waals surface area contributed by atoms with Crippen LogP contribution in [0.15, 0.2) is 0 Å². The molecule has 0 aromatic heterocycles. The molecule has 0 radical (unpaired) electrons. The molecule has 4 nitrogen and oxygen atoms in total. The molecular weight excluding hydrogens is 226 g/mol. The summed E-state index contributed by atoms with van der Waals surface area (Å²) in [4.78, 5) is 14.3. The Bertz CT molecular complexity index is 336. The van der Waals surface area contributed by atoms with E-state index in [1.807, 2.05) is 13.8 Å². The van der Waals surface area contributed by atoms with Gasteiger partial charge in [-0.25, -0.2) is 0 Å². The van der Waals surface area contributed by atoms with E-state index in [-0.39, 0.29) is 11.8 Å². The maximum Gasteiger partial charge on any atom is 0.242 e. The van der Waals surface area contributed by atoms with E-state index in [4.69, 9.17) is 11.0 Å². The van der Waals surface area contributed by atoms with E-state index < -0.39 is 5.54 Å². The molecule has 3 atom stereocenters. The molecule has 2 N–H and O–H groups in total. The van der Waals surface area contributed by atoms with E-state index in [2.05, 4.69) is 13.0 Å². The van der Waals surface area contributed by atoms with Crippen molar-refractivity contribution >= 4 is 5.91 Å². The minimum Gasteiger partial charge on any atom is -0.340 e. The van der Waals surface area contributed by atoms with Crippen LogP contribution in [0.1, 0.15) is 46.5 Å². The van der Waals surface area contributed by atoms with Crippen LogP contribution >= 0.6 is 0 Å². The summed E-state index contributed by atoms with van der Waals surface area (Å²) in [6.45, 7) is 7.04. The minimum atomic E-state index is -0.706. The van der Waals surface area contributed by atoms with Gasteiger partial charge >= 0.3 is 0 Å². The predicted molar refractivity (Wildman–Crippen MR) is 71.6 cm³/mol. The molecule has 0 aliphatic heterocycles. The number of amides is 1. The summed E-state index contributed by atoms with van der Waals surface area (Å²) >= 11 is 0. The second kappa shape index (κ2) is 6.19. The van der Waals surface area contributed by atoms with Crippen LogP contribution in [0.3, 0.4) is 0 Å². The Balaban J connectivity index is 2.73. The Hall–Kier alpha value is -1.08. The lowest BCUT2D eigenvalue weighted by molar-refractivity contribution is -0.139. The van der Waals surface area contributed by atoms with E-state index in [1.54, 1.807) is 4.90 Å². The molecule has 1 aliphatic rings. The number of nitriles is 1. The molecule has 0 bridgehead atoms. The van der Waals surface area contributed by atoms with E-state index in [0.29, 0.717) is 19.0 Å². The molecule has 0 aromatic rings. The monoisotopic (exact) mass is 251 g/mol. The van der Waals surface area contributed by atoms with Gasteiger partial charge in [-0.3, -0.25) is 4.79 Å². The number of nitrogens with two attached hydrogens (primary N) is 1. The summed E-state index contributed by atoms with van der Waals surface area (Å²) in [6, 6.07) is 2.17. The largest absolute Gasteiger partial charge is 0.340 e. The number of likely N-dealkylation sites (N-methyl/N-ethyl adjacent to an activating group) is 1. The molecule has 1 saturated carbocycles. The third-order valence-electron chi connectivity index (χ3n) is 3.84. The third-order valence-corrected chi connectivity index (χ3v) is 3.84. The van der Waals surface area contributed by atoms with Gasteiger partial charge in [-0.05, 0) is 32.6 Å². The minimum absolute atomic E-state index is 0.0265. The average Bonchev–Trinajstić information content (AvgIpc) is 2.34. The SMILES string of the molecule is CCN(CC(C)C#N)C(=O)C1(N)CCCC(C)C1. The van der Waals surface area contributed by atoms with Gasteiger partial charge in [0, 0.05) is 13.1 Å². The fraction of sp³-hybridized carbons (Fsp3) is 0.857. The summed E-state index contributed by atoms with van der Waals surface area (Å²) in [5.41, 5.74) is 5.61. The van der Waals surface area contributed by atoms with Gasteiger partial charge in [-0.2, -0.15) is 5.26 Å². The zero-order chi connectivity index (χ0) is 13.8. The first-order valence-corrected chi connectivity index (χ1v) is 6.90. The highest BCUT2D eigenvalue weighted by Crippen LogP contribution is 2.31. The zero-order valence-electron chi connectivity index (χ0n) is 11.8. The van der Waals surface area contributed by atoms with E-state index >= 15 is 0 Å². The Morgan fingerprint density at radius 3 is 2.83 bits per heavy atom. The van der Waals surface area contributed by atoms with Crippen molar-refractivity contribution in [1.29, 1.82) is 5.26 Å². The molecule has 0 heterocycles. The van der Waals surface area contributed by atoms with Crippen LogP contribution < -0.4 is 5.73 Å². The van der Waals surface area contributed by atoms with Gasteiger partial charge in [0.2, 0.25) is 5.91 Å². The first-order chi connectivity index (χ1) is 8.42. The summed E-state index contributed by atoms with van der Waals surface area (Å²) in [5, 5.41) is 8.86. The van der Waals surface area contributed by atoms with Crippen LogP contribution in [0.4, 0.5) is 0 Å². The predicted octanol–water partition coefficient (Wildman–Crippen LogP) is 1.90. The molecule has 1 rings (SSSR count). The van der Waals surface area contributed by atoms with Crippen molar-refractivity contribution in [1.82, 2.24) is 4.90 Å². The number of carbonyl (C=O) groups is 1. The van der Waals surface area contributed by atoms with Gasteiger partial charge in [-0.1, -0.05) is 19.8 Å². The number of carbonyl (C=O) groups excluding carboxylic acids is 1. The Labute approximate surface area is 110 Å². The first kappa shape index (κ1) is 15.0. The zero-order valence-corrected chi connectivity index (χ0v) is 11.8. The van der Waals surface area contributed by atoms with Crippen LogP contribution in [-0.4, -0.2) is 29.4 Å². The molecule has 1 fully saturated rings. The van der Waals surface area contributed by atoms with Crippen molar-refractivity contribution in [2.24, 2.45) is 17.6 Å². The summed E-state index contributed by atoms with van der Waals surface area (Å²) < 4.78 is 0. The second-order valence-corrected chi connectivity index (χ2v) is 5.73. The van der Waals surface area contributed by atoms with E-state index in [1.165, 1.54) is 0 Å². The Morgan fingerprint density at radius 1 is 1.67 bits per heavy atom. The van der Waals surface area contributed by atoms with Crippen LogP contribution in [0.2, 0.25) is 0 Å². The molecule has 0 saturated heterocycles. The summed E-state index contributed by atoms with van der Waals surface area (Å²) in [5.74, 6) is 0.400. The molecular formula is C14H25N3O. The van der Waals surface area contributed by atoms with Gasteiger partial charge in [0.1, 0.15) is 0 Å². The fourth-order valence-corrected chi connectivity index (χ4v) is 2.83. The number of hydrogen-bond donors (Lipinski definition) is 1. The van der Waals surface area contributed by atoms with Gasteiger partial charge in [0.05, 0.1) is 17.5 Å². The fourth-order valence-electron chi connectivity index (χ4n) is 2.83. The topological polar surface area (TPSA) is 70.1 Å². The Morgan fingerprint density at radius 2 is 2.33 bits per heavy atom. The lowest BCUT2D eigenvalue weighted by Crippen LogP contribution is -2.57. The molecule has 3 unspecified atom stereocenters. The summed E-state index contributed by atoms with van der Waals surface area (Å²) in [7, 11) is 0. The number of nitrogens with zero attached hydrogens (tertiary/aromatic N) is 2. The standard InChI is InChI=1S/C14H25N3O/c1-4-17(10-12(3)9-15)13(18)14(16)7-5-6-11(2)8-14/h11-12H,4-8,10,16H2,1-3H3. The van der Waals surface area contributed by atoms with Crippen molar-refractivity contribution < 1.29 is 4.79 Å². The maximum absolute atomic E-state index is 12.5. The third kappa shape index (κ3) is 3.46. The van der Waals surface area contributed by atoms with Crippen LogP contribution in [0.25, 0.3) is 0 Å². The molecule has 0 aromatic carbocycles. The molecule has 18 heavy (non-hydrogen) atoms. The van der Waals surface area contributed by atoms with Crippen molar-refractivity contribution in [3.63, 3.8) is 0 Å².